The van der Waals surface area contributed by atoms with Crippen LogP contribution in [0.25, 0.3) is 0 Å². The van der Waals surface area contributed by atoms with Crippen molar-refractivity contribution in [2.45, 2.75) is 24.2 Å². The number of nitrogens with zero attached hydrogens (tertiary/aromatic N) is 3. The highest BCUT2D eigenvalue weighted by Crippen LogP contribution is 2.52. The largest absolute Gasteiger partial charge is 0.331 e. The molecule has 3 rings (SSSR count). The van der Waals surface area contributed by atoms with Crippen molar-refractivity contribution in [2.24, 2.45) is 17.3 Å². The van der Waals surface area contributed by atoms with E-state index in [0.717, 1.165) is 42.1 Å². The van der Waals surface area contributed by atoms with Gasteiger partial charge in [-0.1, -0.05) is 19.1 Å². The Labute approximate surface area is 170 Å². The molecule has 1 saturated carbocycles. The van der Waals surface area contributed by atoms with Gasteiger partial charge in [-0.15, -0.1) is 11.8 Å². The Kier molecular flexibility index (Phi) is 5.90. The molecule has 2 N–H and O–H groups in total. The maximum atomic E-state index is 10.1. The predicted molar refractivity (Wildman–Crippen MR) is 109 cm³/mol. The van der Waals surface area contributed by atoms with Gasteiger partial charge in [-0.2, -0.15) is 15.8 Å². The summed E-state index contributed by atoms with van der Waals surface area (Å²) in [6.07, 6.45) is 5.15. The van der Waals surface area contributed by atoms with Gasteiger partial charge in [-0.05, 0) is 42.0 Å². The molecule has 1 aromatic carbocycles. The molecule has 2 unspecified atom stereocenters. The lowest BCUT2D eigenvalue weighted by molar-refractivity contribution is -0.899. The lowest BCUT2D eigenvalue weighted by atomic mass is 9.54. The SMILES string of the molecule is CCC[NH+]1CC=C2C(C#N)C(=N)C(C#N)(C#N)[C@@H](c3ccc(SC)cc3)[C@@H]2C1. The number of benzene rings is 1. The minimum absolute atomic E-state index is 0.0691. The normalized spacial score (nSPS) is 28.2. The van der Waals surface area contributed by atoms with E-state index in [-0.39, 0.29) is 11.6 Å². The van der Waals surface area contributed by atoms with Crippen LogP contribution < -0.4 is 4.90 Å². The van der Waals surface area contributed by atoms with Crippen molar-refractivity contribution in [1.29, 1.82) is 21.2 Å². The van der Waals surface area contributed by atoms with Gasteiger partial charge in [0.25, 0.3) is 0 Å². The zero-order valence-electron chi connectivity index (χ0n) is 16.2. The molecule has 2 aliphatic rings. The quantitative estimate of drug-likeness (QED) is 0.609. The van der Waals surface area contributed by atoms with E-state index >= 15 is 0 Å². The maximum absolute atomic E-state index is 10.1. The van der Waals surface area contributed by atoms with Gasteiger partial charge in [-0.25, -0.2) is 0 Å². The van der Waals surface area contributed by atoms with Crippen molar-refractivity contribution in [1.82, 2.24) is 0 Å². The summed E-state index contributed by atoms with van der Waals surface area (Å²) in [5.41, 5.74) is 0.140. The summed E-state index contributed by atoms with van der Waals surface area (Å²) in [5.74, 6) is -1.31. The Hall–Kier alpha value is -2.59. The van der Waals surface area contributed by atoms with Crippen LogP contribution in [0.1, 0.15) is 24.8 Å². The fourth-order valence-electron chi connectivity index (χ4n) is 4.71. The van der Waals surface area contributed by atoms with E-state index in [1.165, 1.54) is 4.90 Å². The summed E-state index contributed by atoms with van der Waals surface area (Å²) in [6, 6.07) is 14.5. The highest BCUT2D eigenvalue weighted by atomic mass is 32.2. The first-order chi connectivity index (χ1) is 13.6. The molecule has 1 heterocycles. The Morgan fingerprint density at radius 2 is 1.89 bits per heavy atom. The number of hydrogen-bond donors (Lipinski definition) is 2. The highest BCUT2D eigenvalue weighted by molar-refractivity contribution is 7.98. The van der Waals surface area contributed by atoms with Crippen molar-refractivity contribution < 1.29 is 4.90 Å². The average molecular weight is 391 g/mol. The van der Waals surface area contributed by atoms with Crippen LogP contribution >= 0.6 is 11.8 Å². The number of thioether (sulfide) groups is 1. The molecule has 0 spiro atoms. The fourth-order valence-corrected chi connectivity index (χ4v) is 5.11. The smallest absolute Gasteiger partial charge is 0.189 e. The molecule has 0 radical (unpaired) electrons. The van der Waals surface area contributed by atoms with Crippen LogP contribution in [-0.2, 0) is 0 Å². The molecule has 0 aromatic heterocycles. The summed E-state index contributed by atoms with van der Waals surface area (Å²) >= 11 is 1.64. The van der Waals surface area contributed by atoms with E-state index in [9.17, 15) is 15.8 Å². The third kappa shape index (κ3) is 3.12. The number of nitriles is 3. The molecule has 142 valence electrons. The Morgan fingerprint density at radius 1 is 1.21 bits per heavy atom. The van der Waals surface area contributed by atoms with Gasteiger partial charge in [0.2, 0.25) is 0 Å². The lowest BCUT2D eigenvalue weighted by Gasteiger charge is -2.46. The molecule has 1 aromatic rings. The number of fused-ring (bicyclic) bond motifs is 1. The average Bonchev–Trinajstić information content (AvgIpc) is 2.73. The van der Waals surface area contributed by atoms with E-state index in [1.54, 1.807) is 11.8 Å². The second-order valence-electron chi connectivity index (χ2n) is 7.48. The van der Waals surface area contributed by atoms with Gasteiger partial charge in [0.1, 0.15) is 5.92 Å². The van der Waals surface area contributed by atoms with Crippen LogP contribution in [0.2, 0.25) is 0 Å². The van der Waals surface area contributed by atoms with Crippen molar-refractivity contribution >= 4 is 17.5 Å². The second kappa shape index (κ2) is 8.19. The second-order valence-corrected chi connectivity index (χ2v) is 8.36. The zero-order chi connectivity index (χ0) is 20.3. The van der Waals surface area contributed by atoms with Crippen LogP contribution in [0.4, 0.5) is 0 Å². The van der Waals surface area contributed by atoms with E-state index in [2.05, 4.69) is 31.2 Å². The predicted octanol–water partition coefficient (Wildman–Crippen LogP) is 2.55. The van der Waals surface area contributed by atoms with Gasteiger partial charge in [0.15, 0.2) is 5.41 Å². The Balaban J connectivity index is 2.18. The number of nitrogens with one attached hydrogen (secondary N) is 2. The summed E-state index contributed by atoms with van der Waals surface area (Å²) in [7, 11) is 0. The summed E-state index contributed by atoms with van der Waals surface area (Å²) < 4.78 is 0. The van der Waals surface area contributed by atoms with Crippen molar-refractivity contribution in [3.63, 3.8) is 0 Å². The Bertz CT molecular complexity index is 898. The van der Waals surface area contributed by atoms with E-state index in [1.807, 2.05) is 30.5 Å². The molecule has 1 aliphatic carbocycles. The number of hydrogen-bond acceptors (Lipinski definition) is 5. The molecule has 28 heavy (non-hydrogen) atoms. The van der Waals surface area contributed by atoms with Gasteiger partial charge in [0, 0.05) is 16.7 Å². The van der Waals surface area contributed by atoms with Gasteiger partial charge >= 0.3 is 0 Å². The molecule has 0 bridgehead atoms. The third-order valence-corrected chi connectivity index (χ3v) is 6.78. The van der Waals surface area contributed by atoms with Crippen LogP contribution in [0.5, 0.6) is 0 Å². The lowest BCUT2D eigenvalue weighted by Crippen LogP contribution is -3.13. The van der Waals surface area contributed by atoms with Crippen molar-refractivity contribution in [3.05, 3.63) is 41.5 Å². The maximum Gasteiger partial charge on any atom is 0.189 e. The van der Waals surface area contributed by atoms with E-state index in [4.69, 9.17) is 5.41 Å². The van der Waals surface area contributed by atoms with Crippen LogP contribution in [0.3, 0.4) is 0 Å². The number of rotatable bonds is 4. The topological polar surface area (TPSA) is 99.7 Å². The van der Waals surface area contributed by atoms with E-state index in [0.29, 0.717) is 0 Å². The molecule has 1 aliphatic heterocycles. The standard InChI is InChI=1S/C22H23N5S/c1-3-9-27-10-8-17-18(11-23)21(26)22(13-24,14-25)20(19(17)12-27)15-4-6-16(28-2)7-5-15/h4-8,18-20,26H,3,9-10,12H2,1-2H3/p+1/t18?,19-,20+/m1/s1. The molecule has 0 saturated heterocycles. The van der Waals surface area contributed by atoms with Gasteiger partial charge in [0.05, 0.1) is 43.6 Å². The van der Waals surface area contributed by atoms with Crippen molar-refractivity contribution in [3.8, 4) is 18.2 Å². The summed E-state index contributed by atoms with van der Waals surface area (Å²) in [4.78, 5) is 2.51. The minimum atomic E-state index is -1.61. The molecular formula is C22H24N5S+. The Morgan fingerprint density at radius 3 is 2.43 bits per heavy atom. The van der Waals surface area contributed by atoms with Crippen molar-refractivity contribution in [2.75, 3.05) is 25.9 Å². The first kappa shape index (κ1) is 20.2. The van der Waals surface area contributed by atoms with E-state index < -0.39 is 17.3 Å². The highest BCUT2D eigenvalue weighted by Gasteiger charge is 2.58. The zero-order valence-corrected chi connectivity index (χ0v) is 17.0. The first-order valence-corrected chi connectivity index (χ1v) is 10.8. The molecule has 4 atom stereocenters. The molecule has 1 fully saturated rings. The molecular weight excluding hydrogens is 366 g/mol. The molecule has 5 nitrogen and oxygen atoms in total. The van der Waals surface area contributed by atoms with Gasteiger partial charge in [-0.3, -0.25) is 0 Å². The third-order valence-electron chi connectivity index (χ3n) is 6.04. The van der Waals surface area contributed by atoms with Crippen LogP contribution in [0, 0.1) is 56.7 Å². The monoisotopic (exact) mass is 390 g/mol. The molecule has 6 heteroatoms. The summed E-state index contributed by atoms with van der Waals surface area (Å²) in [5, 5.41) is 38.5. The fraction of sp³-hybridized carbons (Fsp3) is 0.455. The minimum Gasteiger partial charge on any atom is -0.331 e. The van der Waals surface area contributed by atoms with Gasteiger partial charge < -0.3 is 10.3 Å². The molecule has 0 amide bonds. The first-order valence-electron chi connectivity index (χ1n) is 9.54. The van der Waals surface area contributed by atoms with Crippen LogP contribution in [0.15, 0.2) is 40.8 Å². The summed E-state index contributed by atoms with van der Waals surface area (Å²) in [6.45, 7) is 4.77. The number of quaternary nitrogens is 1. The van der Waals surface area contributed by atoms with Crippen LogP contribution in [-0.4, -0.2) is 31.6 Å².